The molecule has 1 amide bonds. The van der Waals surface area contributed by atoms with Crippen LogP contribution in [0, 0.1) is 0 Å². The van der Waals surface area contributed by atoms with Crippen molar-refractivity contribution in [2.75, 3.05) is 33.3 Å². The summed E-state index contributed by atoms with van der Waals surface area (Å²) in [6, 6.07) is 28.3. The molecule has 0 spiro atoms. The van der Waals surface area contributed by atoms with Crippen molar-refractivity contribution < 1.29 is 38.6 Å². The maximum Gasteiger partial charge on any atom is 0.256 e. The number of benzene rings is 3. The third-order valence-corrected chi connectivity index (χ3v) is 9.48. The smallest absolute Gasteiger partial charge is 0.256 e. The van der Waals surface area contributed by atoms with E-state index in [4.69, 9.17) is 28.7 Å². The Morgan fingerprint density at radius 1 is 0.942 bits per heavy atom. The molecule has 1 fully saturated rings. The fourth-order valence-electron chi connectivity index (χ4n) is 6.67. The Labute approximate surface area is 300 Å². The molecule has 0 radical (unpaired) electrons. The number of ether oxygens (including phenoxy) is 4. The quantitative estimate of drug-likeness (QED) is 0.0956. The van der Waals surface area contributed by atoms with Crippen LogP contribution in [-0.2, 0) is 34.3 Å². The molecule has 7 rings (SSSR count). The summed E-state index contributed by atoms with van der Waals surface area (Å²) in [5.41, 5.74) is 2.42. The number of aliphatic hydroxyl groups is 1. The van der Waals surface area contributed by atoms with Gasteiger partial charge in [0.05, 0.1) is 6.33 Å². The number of rotatable bonds is 13. The van der Waals surface area contributed by atoms with E-state index in [0.717, 1.165) is 16.7 Å². The summed E-state index contributed by atoms with van der Waals surface area (Å²) in [4.78, 5) is 38.7. The molecule has 1 aliphatic heterocycles. The van der Waals surface area contributed by atoms with Gasteiger partial charge >= 0.3 is 0 Å². The number of hydrogen-bond acceptors (Lipinski definition) is 11. The first kappa shape index (κ1) is 35.3. The lowest BCUT2D eigenvalue weighted by atomic mass is 9.77. The third-order valence-electron chi connectivity index (χ3n) is 9.48. The molecule has 1 aliphatic carbocycles. The zero-order chi connectivity index (χ0) is 36.1. The van der Waals surface area contributed by atoms with Crippen LogP contribution >= 0.6 is 0 Å². The van der Waals surface area contributed by atoms with E-state index in [1.807, 2.05) is 85.0 Å². The Kier molecular flexibility index (Phi) is 10.3. The van der Waals surface area contributed by atoms with Gasteiger partial charge in [-0.15, -0.1) is 0 Å². The molecule has 52 heavy (non-hydrogen) atoms. The first-order chi connectivity index (χ1) is 25.4. The molecule has 0 unspecified atom stereocenters. The second-order valence-corrected chi connectivity index (χ2v) is 12.3. The Balaban J connectivity index is 1.15. The van der Waals surface area contributed by atoms with E-state index < -0.39 is 35.9 Å². The fraction of sp³-hybridized carbons (Fsp3) is 0.282. The molecule has 0 saturated carbocycles. The van der Waals surface area contributed by atoms with Gasteiger partial charge in [-0.25, -0.2) is 24.7 Å². The van der Waals surface area contributed by atoms with E-state index in [9.17, 15) is 9.90 Å². The van der Waals surface area contributed by atoms with E-state index in [0.29, 0.717) is 23.1 Å². The van der Waals surface area contributed by atoms with Crippen LogP contribution in [0.5, 0.6) is 0 Å². The molecule has 13 heteroatoms. The third kappa shape index (κ3) is 6.55. The van der Waals surface area contributed by atoms with Crippen LogP contribution in [0.1, 0.15) is 34.1 Å². The molecule has 2 aromatic heterocycles. The van der Waals surface area contributed by atoms with E-state index in [2.05, 4.69) is 20.3 Å². The second-order valence-electron chi connectivity index (χ2n) is 12.3. The van der Waals surface area contributed by atoms with Crippen molar-refractivity contribution in [1.82, 2.24) is 19.5 Å². The molecule has 13 nitrogen and oxygen atoms in total. The molecule has 1 saturated heterocycles. The highest BCUT2D eigenvalue weighted by Gasteiger charge is 2.47. The number of imidazole rings is 1. The van der Waals surface area contributed by atoms with Crippen molar-refractivity contribution in [1.29, 1.82) is 0 Å². The summed E-state index contributed by atoms with van der Waals surface area (Å²) < 4.78 is 25.1. The van der Waals surface area contributed by atoms with Crippen LogP contribution in [0.3, 0.4) is 0 Å². The van der Waals surface area contributed by atoms with E-state index in [1.54, 1.807) is 43.1 Å². The maximum atomic E-state index is 12.9. The van der Waals surface area contributed by atoms with Crippen LogP contribution in [-0.4, -0.2) is 82.6 Å². The number of aliphatic hydroxyl groups excluding tert-OH is 1. The molecule has 3 aromatic carbocycles. The van der Waals surface area contributed by atoms with Crippen molar-refractivity contribution in [3.8, 4) is 0 Å². The summed E-state index contributed by atoms with van der Waals surface area (Å²) in [5, 5.41) is 14.3. The molecule has 268 valence electrons. The Hall–Kier alpha value is -5.12. The monoisotopic (exact) mass is 705 g/mol. The largest absolute Gasteiger partial charge is 0.387 e. The zero-order valence-corrected chi connectivity index (χ0v) is 28.9. The van der Waals surface area contributed by atoms with Gasteiger partial charge in [-0.3, -0.25) is 9.36 Å². The highest BCUT2D eigenvalue weighted by atomic mass is 17.2. The predicted octanol–water partition coefficient (Wildman–Crippen LogP) is 5.12. The van der Waals surface area contributed by atoms with Gasteiger partial charge in [0, 0.05) is 33.3 Å². The molecule has 4 atom stereocenters. The molecule has 0 bridgehead atoms. The second kappa shape index (κ2) is 15.2. The van der Waals surface area contributed by atoms with Gasteiger partial charge in [-0.1, -0.05) is 91.0 Å². The molecule has 2 aliphatic rings. The lowest BCUT2D eigenvalue weighted by Crippen LogP contribution is -2.39. The van der Waals surface area contributed by atoms with Crippen molar-refractivity contribution in [3.63, 3.8) is 0 Å². The number of carbonyl (C=O) groups is 1. The summed E-state index contributed by atoms with van der Waals surface area (Å²) in [5.74, 6) is -1.02. The Morgan fingerprint density at radius 2 is 1.60 bits per heavy atom. The van der Waals surface area contributed by atoms with E-state index in [-0.39, 0.29) is 18.3 Å². The minimum Gasteiger partial charge on any atom is -0.387 e. The van der Waals surface area contributed by atoms with Gasteiger partial charge in [0.2, 0.25) is 0 Å². The van der Waals surface area contributed by atoms with Crippen molar-refractivity contribution >= 4 is 22.9 Å². The van der Waals surface area contributed by atoms with Crippen LogP contribution in [0.4, 0.5) is 5.82 Å². The Bertz CT molecular complexity index is 2000. The van der Waals surface area contributed by atoms with Gasteiger partial charge in [0.1, 0.15) is 31.2 Å². The number of nitrogens with one attached hydrogen (secondary N) is 1. The number of methoxy groups -OCH3 is 3. The maximum absolute atomic E-state index is 12.9. The average Bonchev–Trinajstić information content (AvgIpc) is 3.78. The van der Waals surface area contributed by atoms with Gasteiger partial charge in [-0.05, 0) is 34.9 Å². The lowest BCUT2D eigenvalue weighted by Gasteiger charge is -2.38. The molecular weight excluding hydrogens is 666 g/mol. The average molecular weight is 706 g/mol. The fourth-order valence-corrected chi connectivity index (χ4v) is 6.67. The van der Waals surface area contributed by atoms with Crippen LogP contribution in [0.15, 0.2) is 127 Å². The molecule has 3 heterocycles. The highest BCUT2D eigenvalue weighted by molar-refractivity contribution is 6.06. The van der Waals surface area contributed by atoms with Crippen molar-refractivity contribution in [2.45, 2.75) is 42.3 Å². The van der Waals surface area contributed by atoms with Crippen LogP contribution in [0.25, 0.3) is 11.2 Å². The number of aromatic nitrogens is 4. The van der Waals surface area contributed by atoms with E-state index >= 15 is 0 Å². The SMILES string of the molecule is CO[C@@H]1[C@H](O)[C@@H](COOC(C2=CCC(OC)(OC)C=C2)(c2ccccc2)c2ccccc2)O[C@H]1n1cnc2c(NC(=O)c3ccccc3)ncnc21. The highest BCUT2D eigenvalue weighted by Crippen LogP contribution is 2.44. The topological polar surface area (TPSA) is 148 Å². The predicted molar refractivity (Wildman–Crippen MR) is 190 cm³/mol. The van der Waals surface area contributed by atoms with Gasteiger partial charge in [0.15, 0.2) is 34.6 Å². The summed E-state index contributed by atoms with van der Waals surface area (Å²) >= 11 is 0. The minimum atomic E-state index is -1.21. The number of carbonyl (C=O) groups excluding carboxylic acids is 1. The molecular formula is C39H39N5O8. The number of nitrogens with zero attached hydrogens (tertiary/aromatic N) is 4. The first-order valence-electron chi connectivity index (χ1n) is 16.7. The molecule has 5 aromatic rings. The van der Waals surface area contributed by atoms with E-state index in [1.165, 1.54) is 19.8 Å². The normalized spacial score (nSPS) is 21.3. The zero-order valence-electron chi connectivity index (χ0n) is 28.9. The summed E-state index contributed by atoms with van der Waals surface area (Å²) in [7, 11) is 4.69. The number of amides is 1. The van der Waals surface area contributed by atoms with Crippen molar-refractivity contribution in [3.05, 3.63) is 144 Å². The standard InChI is InChI=1S/C39H39N5O8/c1-47-33-32(45)30(51-37(33)44-25-42-31-34(40-24-41-35(31)44)43-36(46)26-13-7-4-8-14-26)23-50-52-39(27-15-9-5-10-16-27,28-17-11-6-12-18-28)29-19-21-38(48-2,49-3)22-20-29/h4-21,24-25,30,32-33,37,45H,22-23H2,1-3H3,(H,40,41,43,46)/t30-,32-,33-,37-/m1/s1. The lowest BCUT2D eigenvalue weighted by molar-refractivity contribution is -0.356. The first-order valence-corrected chi connectivity index (χ1v) is 16.7. The molecule has 2 N–H and O–H groups in total. The van der Waals surface area contributed by atoms with Crippen LogP contribution < -0.4 is 5.32 Å². The van der Waals surface area contributed by atoms with Gasteiger partial charge < -0.3 is 29.4 Å². The minimum absolute atomic E-state index is 0.157. The summed E-state index contributed by atoms with van der Waals surface area (Å²) in [6.45, 7) is -0.157. The van der Waals surface area contributed by atoms with Gasteiger partial charge in [-0.2, -0.15) is 0 Å². The summed E-state index contributed by atoms with van der Waals surface area (Å²) in [6.07, 6.45) is 5.40. The number of anilines is 1. The van der Waals surface area contributed by atoms with Crippen molar-refractivity contribution in [2.24, 2.45) is 0 Å². The number of fused-ring (bicyclic) bond motifs is 1. The Morgan fingerprint density at radius 3 is 2.19 bits per heavy atom. The van der Waals surface area contributed by atoms with Gasteiger partial charge in [0.25, 0.3) is 5.91 Å². The number of hydrogen-bond donors (Lipinski definition) is 2. The van der Waals surface area contributed by atoms with Crippen LogP contribution in [0.2, 0.25) is 0 Å².